The number of esters is 1. The molecule has 1 saturated heterocycles. The molecule has 2 aromatic rings. The molecule has 1 heterocycles. The SMILES string of the molecule is CN(C)S(=O)(=O)c1ccc(N2CCOCC2)c(C(=O)OCC(=O)NCc2ccc(Cl)cc2)c1. The third kappa shape index (κ3) is 6.44. The van der Waals surface area contributed by atoms with Gasteiger partial charge in [0.05, 0.1) is 29.4 Å². The molecule has 1 N–H and O–H groups in total. The van der Waals surface area contributed by atoms with Crippen LogP contribution < -0.4 is 10.2 Å². The maximum absolute atomic E-state index is 12.9. The van der Waals surface area contributed by atoms with Gasteiger partial charge in [-0.1, -0.05) is 23.7 Å². The number of ether oxygens (including phenoxy) is 2. The molecule has 0 radical (unpaired) electrons. The molecular weight excluding hydrogens is 470 g/mol. The first-order valence-corrected chi connectivity index (χ1v) is 12.1. The van der Waals surface area contributed by atoms with Gasteiger partial charge in [-0.3, -0.25) is 4.79 Å². The molecule has 0 aliphatic carbocycles. The van der Waals surface area contributed by atoms with E-state index in [0.717, 1.165) is 9.87 Å². The van der Waals surface area contributed by atoms with Crippen molar-refractivity contribution >= 4 is 39.2 Å². The molecular formula is C22H26ClN3O6S. The molecule has 0 unspecified atom stereocenters. The molecule has 3 rings (SSSR count). The molecule has 1 aliphatic heterocycles. The Bertz CT molecular complexity index is 1100. The first-order chi connectivity index (χ1) is 15.7. The minimum atomic E-state index is -3.76. The highest BCUT2D eigenvalue weighted by Crippen LogP contribution is 2.27. The predicted molar refractivity (Wildman–Crippen MR) is 124 cm³/mol. The number of nitrogens with one attached hydrogen (secondary N) is 1. The summed E-state index contributed by atoms with van der Waals surface area (Å²) in [4.78, 5) is 27.0. The molecule has 0 bridgehead atoms. The Hall–Kier alpha value is -2.66. The third-order valence-electron chi connectivity index (χ3n) is 5.06. The van der Waals surface area contributed by atoms with Gasteiger partial charge in [0.1, 0.15) is 0 Å². The van der Waals surface area contributed by atoms with Gasteiger partial charge in [0.25, 0.3) is 5.91 Å². The fourth-order valence-corrected chi connectivity index (χ4v) is 4.25. The summed E-state index contributed by atoms with van der Waals surface area (Å²) in [6.45, 7) is 1.81. The quantitative estimate of drug-likeness (QED) is 0.557. The topological polar surface area (TPSA) is 105 Å². The van der Waals surface area contributed by atoms with Crippen molar-refractivity contribution < 1.29 is 27.5 Å². The largest absolute Gasteiger partial charge is 0.452 e. The number of morpholine rings is 1. The summed E-state index contributed by atoms with van der Waals surface area (Å²) in [7, 11) is -0.938. The van der Waals surface area contributed by atoms with E-state index in [1.807, 2.05) is 4.90 Å². The monoisotopic (exact) mass is 495 g/mol. The van der Waals surface area contributed by atoms with Crippen LogP contribution in [0.15, 0.2) is 47.4 Å². The van der Waals surface area contributed by atoms with Gasteiger partial charge in [-0.05, 0) is 35.9 Å². The Balaban J connectivity index is 1.73. The minimum absolute atomic E-state index is 0.0383. The van der Waals surface area contributed by atoms with E-state index in [2.05, 4.69) is 5.32 Å². The number of carbonyl (C=O) groups excluding carboxylic acids is 2. The molecule has 2 aromatic carbocycles. The normalized spacial score (nSPS) is 14.2. The highest BCUT2D eigenvalue weighted by molar-refractivity contribution is 7.89. The zero-order chi connectivity index (χ0) is 24.0. The Morgan fingerprint density at radius 3 is 2.42 bits per heavy atom. The number of carbonyl (C=O) groups is 2. The van der Waals surface area contributed by atoms with Crippen LogP contribution in [-0.4, -0.2) is 71.6 Å². The van der Waals surface area contributed by atoms with Crippen LogP contribution in [0.25, 0.3) is 0 Å². The molecule has 0 saturated carbocycles. The van der Waals surface area contributed by atoms with E-state index >= 15 is 0 Å². The van der Waals surface area contributed by atoms with Gasteiger partial charge in [-0.2, -0.15) is 0 Å². The Morgan fingerprint density at radius 2 is 1.79 bits per heavy atom. The lowest BCUT2D eigenvalue weighted by atomic mass is 10.1. The van der Waals surface area contributed by atoms with Crippen molar-refractivity contribution in [3.05, 3.63) is 58.6 Å². The first kappa shape index (κ1) is 25.0. The number of halogens is 1. The van der Waals surface area contributed by atoms with Crippen molar-refractivity contribution in [1.82, 2.24) is 9.62 Å². The summed E-state index contributed by atoms with van der Waals surface area (Å²) in [6.07, 6.45) is 0. The Morgan fingerprint density at radius 1 is 1.12 bits per heavy atom. The maximum Gasteiger partial charge on any atom is 0.340 e. The van der Waals surface area contributed by atoms with E-state index in [1.54, 1.807) is 30.3 Å². The fourth-order valence-electron chi connectivity index (χ4n) is 3.19. The number of amides is 1. The van der Waals surface area contributed by atoms with Crippen molar-refractivity contribution in [3.8, 4) is 0 Å². The molecule has 178 valence electrons. The molecule has 9 nitrogen and oxygen atoms in total. The molecule has 0 spiro atoms. The van der Waals surface area contributed by atoms with Crippen molar-refractivity contribution in [1.29, 1.82) is 0 Å². The minimum Gasteiger partial charge on any atom is -0.452 e. The van der Waals surface area contributed by atoms with Gasteiger partial charge in [0.2, 0.25) is 10.0 Å². The zero-order valence-electron chi connectivity index (χ0n) is 18.4. The smallest absolute Gasteiger partial charge is 0.340 e. The highest BCUT2D eigenvalue weighted by Gasteiger charge is 2.25. The van der Waals surface area contributed by atoms with E-state index in [1.165, 1.54) is 26.2 Å². The van der Waals surface area contributed by atoms with Crippen molar-refractivity contribution in [2.75, 3.05) is 51.9 Å². The second-order valence-electron chi connectivity index (χ2n) is 7.55. The fraction of sp³-hybridized carbons (Fsp3) is 0.364. The molecule has 0 atom stereocenters. The number of hydrogen-bond donors (Lipinski definition) is 1. The zero-order valence-corrected chi connectivity index (χ0v) is 20.0. The van der Waals surface area contributed by atoms with E-state index in [9.17, 15) is 18.0 Å². The molecule has 0 aromatic heterocycles. The number of hydrogen-bond acceptors (Lipinski definition) is 7. The molecule has 1 amide bonds. The summed E-state index contributed by atoms with van der Waals surface area (Å²) in [5, 5.41) is 3.26. The number of benzene rings is 2. The lowest BCUT2D eigenvalue weighted by molar-refractivity contribution is -0.124. The van der Waals surface area contributed by atoms with Crippen LogP contribution in [0, 0.1) is 0 Å². The van der Waals surface area contributed by atoms with Crippen molar-refractivity contribution in [2.24, 2.45) is 0 Å². The summed E-state index contributed by atoms with van der Waals surface area (Å²) in [6, 6.07) is 11.3. The number of sulfonamides is 1. The third-order valence-corrected chi connectivity index (χ3v) is 7.12. The molecule has 11 heteroatoms. The van der Waals surface area contributed by atoms with Crippen LogP contribution in [0.2, 0.25) is 5.02 Å². The molecule has 1 aliphatic rings. The average molecular weight is 496 g/mol. The van der Waals surface area contributed by atoms with Gasteiger partial charge in [-0.25, -0.2) is 17.5 Å². The van der Waals surface area contributed by atoms with E-state index < -0.39 is 28.5 Å². The first-order valence-electron chi connectivity index (χ1n) is 10.3. The Kier molecular flexibility index (Phi) is 8.30. The lowest BCUT2D eigenvalue weighted by Crippen LogP contribution is -2.37. The second-order valence-corrected chi connectivity index (χ2v) is 10.1. The van der Waals surface area contributed by atoms with E-state index in [4.69, 9.17) is 21.1 Å². The van der Waals surface area contributed by atoms with Crippen LogP contribution in [0.5, 0.6) is 0 Å². The van der Waals surface area contributed by atoms with Crippen LogP contribution in [0.3, 0.4) is 0 Å². The van der Waals surface area contributed by atoms with Gasteiger partial charge in [0.15, 0.2) is 6.61 Å². The van der Waals surface area contributed by atoms with Crippen LogP contribution in [0.4, 0.5) is 5.69 Å². The van der Waals surface area contributed by atoms with Crippen LogP contribution >= 0.6 is 11.6 Å². The van der Waals surface area contributed by atoms with E-state index in [0.29, 0.717) is 37.0 Å². The van der Waals surface area contributed by atoms with Crippen LogP contribution in [0.1, 0.15) is 15.9 Å². The Labute approximate surface area is 198 Å². The summed E-state index contributed by atoms with van der Waals surface area (Å²) in [5.74, 6) is -1.27. The van der Waals surface area contributed by atoms with Crippen LogP contribution in [-0.2, 0) is 30.8 Å². The maximum atomic E-state index is 12.9. The van der Waals surface area contributed by atoms with Gasteiger partial charge < -0.3 is 19.7 Å². The molecule has 33 heavy (non-hydrogen) atoms. The number of rotatable bonds is 8. The van der Waals surface area contributed by atoms with Gasteiger partial charge in [-0.15, -0.1) is 0 Å². The van der Waals surface area contributed by atoms with Crippen molar-refractivity contribution in [2.45, 2.75) is 11.4 Å². The number of anilines is 1. The summed E-state index contributed by atoms with van der Waals surface area (Å²) in [5.41, 5.74) is 1.45. The summed E-state index contributed by atoms with van der Waals surface area (Å²) < 4.78 is 36.8. The van der Waals surface area contributed by atoms with Gasteiger partial charge >= 0.3 is 5.97 Å². The van der Waals surface area contributed by atoms with E-state index in [-0.39, 0.29) is 17.0 Å². The van der Waals surface area contributed by atoms with Crippen molar-refractivity contribution in [3.63, 3.8) is 0 Å². The molecule has 1 fully saturated rings. The lowest BCUT2D eigenvalue weighted by Gasteiger charge is -2.30. The summed E-state index contributed by atoms with van der Waals surface area (Å²) >= 11 is 5.85. The standard InChI is InChI=1S/C22H26ClN3O6S/c1-25(2)33(29,30)18-7-8-20(26-9-11-31-12-10-26)19(13-18)22(28)32-15-21(27)24-14-16-3-5-17(23)6-4-16/h3-8,13H,9-12,14-15H2,1-2H3,(H,24,27). The van der Waals surface area contributed by atoms with Gasteiger partial charge in [0, 0.05) is 38.8 Å². The predicted octanol–water partition coefficient (Wildman–Crippen LogP) is 1.90. The number of nitrogens with zero attached hydrogens (tertiary/aromatic N) is 2. The average Bonchev–Trinajstić information content (AvgIpc) is 2.82. The highest BCUT2D eigenvalue weighted by atomic mass is 35.5. The second kappa shape index (κ2) is 11.0.